The zero-order valence-corrected chi connectivity index (χ0v) is 23.3. The quantitative estimate of drug-likeness (QED) is 0.161. The van der Waals surface area contributed by atoms with Crippen molar-refractivity contribution in [2.45, 2.75) is 104 Å². The maximum absolute atomic E-state index is 12.1. The van der Waals surface area contributed by atoms with E-state index in [-0.39, 0.29) is 34.5 Å². The summed E-state index contributed by atoms with van der Waals surface area (Å²) >= 11 is 3.14. The highest BCUT2D eigenvalue weighted by Gasteiger charge is 2.24. The van der Waals surface area contributed by atoms with Crippen LogP contribution in [0.4, 0.5) is 0 Å². The molecule has 2 unspecified atom stereocenters. The highest BCUT2D eigenvalue weighted by atomic mass is 79.9. The average Bonchev–Trinajstić information content (AvgIpc) is 2.69. The number of carbonyl (C=O) groups excluding carboxylic acids is 3. The Kier molecular flexibility index (Phi) is 18.9. The van der Waals surface area contributed by atoms with Crippen LogP contribution in [0.5, 0.6) is 0 Å². The molecule has 2 atom stereocenters. The van der Waals surface area contributed by atoms with Gasteiger partial charge in [0.25, 0.3) is 0 Å². The molecule has 0 saturated heterocycles. The molecule has 0 aliphatic carbocycles. The first-order chi connectivity index (χ1) is 14.4. The van der Waals surface area contributed by atoms with E-state index in [1.807, 2.05) is 41.5 Å². The highest BCUT2D eigenvalue weighted by molar-refractivity contribution is 9.09. The number of rotatable bonds is 16. The molecule has 0 rings (SSSR count). The predicted octanol–water partition coefficient (Wildman–Crippen LogP) is 3.89. The van der Waals surface area contributed by atoms with E-state index in [1.165, 1.54) is 0 Å². The minimum absolute atomic E-state index is 0.0129. The second-order valence-electron chi connectivity index (χ2n) is 8.60. The van der Waals surface area contributed by atoms with E-state index in [9.17, 15) is 14.4 Å². The smallest absolute Gasteiger partial charge is 0.231 e. The van der Waals surface area contributed by atoms with Crippen molar-refractivity contribution in [3.05, 3.63) is 0 Å². The molecule has 184 valence electrons. The fourth-order valence-electron chi connectivity index (χ4n) is 2.74. The lowest BCUT2D eigenvalue weighted by molar-refractivity contribution is -0.123. The number of halogens is 1. The topological polar surface area (TPSA) is 96.5 Å². The minimum Gasteiger partial charge on any atom is -0.375 e. The largest absolute Gasteiger partial charge is 0.375 e. The zero-order chi connectivity index (χ0) is 24.5. The zero-order valence-electron chi connectivity index (χ0n) is 20.5. The van der Waals surface area contributed by atoms with Crippen molar-refractivity contribution in [1.29, 1.82) is 0 Å². The Labute approximate surface area is 200 Å². The fraction of sp³-hybridized carbons (Fsp3) is 0.864. The summed E-state index contributed by atoms with van der Waals surface area (Å²) in [5.74, 6) is 0.0895. The highest BCUT2D eigenvalue weighted by Crippen LogP contribution is 2.19. The number of alkyl halides is 1. The molecule has 0 aliphatic rings. The van der Waals surface area contributed by atoms with Gasteiger partial charge in [-0.3, -0.25) is 19.5 Å². The van der Waals surface area contributed by atoms with Gasteiger partial charge in [-0.15, -0.1) is 0 Å². The van der Waals surface area contributed by atoms with E-state index in [2.05, 4.69) is 41.0 Å². The summed E-state index contributed by atoms with van der Waals surface area (Å²) in [4.78, 5) is 34.9. The maximum Gasteiger partial charge on any atom is 0.231 e. The van der Waals surface area contributed by atoms with Crippen LogP contribution in [0.15, 0.2) is 0 Å². The van der Waals surface area contributed by atoms with Gasteiger partial charge in [0.2, 0.25) is 11.8 Å². The molecule has 0 radical (unpaired) electrons. The van der Waals surface area contributed by atoms with Crippen molar-refractivity contribution >= 4 is 42.9 Å². The van der Waals surface area contributed by atoms with Crippen molar-refractivity contribution in [2.24, 2.45) is 0 Å². The summed E-state index contributed by atoms with van der Waals surface area (Å²) in [6, 6.07) is -0.133. The Morgan fingerprint density at radius 1 is 1.03 bits per heavy atom. The molecule has 31 heavy (non-hydrogen) atoms. The third-order valence-electron chi connectivity index (χ3n) is 4.71. The summed E-state index contributed by atoms with van der Waals surface area (Å²) in [5, 5.41) is 9.07. The lowest BCUT2D eigenvalue weighted by atomic mass is 9.99. The normalized spacial score (nSPS) is 12.4. The second kappa shape index (κ2) is 17.9. The molecule has 0 aromatic carbocycles. The molecule has 9 heteroatoms. The SMILES string of the molecule is CC.CC(=O)C(CCCCNC(=O)CCC(C)(C)OCCC(C)(C)NC(=O)CBr)NP. The number of unbranched alkanes of at least 4 members (excludes halogenated alkanes) is 1. The fourth-order valence-corrected chi connectivity index (χ4v) is 3.28. The number of ether oxygens (including phenoxy) is 1. The molecular weight excluding hydrogens is 481 g/mol. The molecule has 0 aromatic heterocycles. The monoisotopic (exact) mass is 525 g/mol. The summed E-state index contributed by atoms with van der Waals surface area (Å²) in [6.07, 6.45) is 4.20. The van der Waals surface area contributed by atoms with Crippen LogP contribution in [0, 0.1) is 0 Å². The molecule has 0 aromatic rings. The predicted molar refractivity (Wildman–Crippen MR) is 135 cm³/mol. The molecule has 0 saturated carbocycles. The molecule has 0 aliphatic heterocycles. The van der Waals surface area contributed by atoms with Crippen LogP contribution in [-0.4, -0.2) is 53.3 Å². The Balaban J connectivity index is 0. The standard InChI is InChI=1S/C20H39BrN3O4P.C2H6/c1-15(25)16(24-29)8-6-7-12-22-17(26)9-10-20(4,5)28-13-11-19(2,3)23-18(27)14-21;1-2/h16,24H,6-14,29H2,1-5H3,(H,22,26)(H,23,27);1-2H3. The van der Waals surface area contributed by atoms with E-state index in [0.29, 0.717) is 32.4 Å². The molecule has 0 bridgehead atoms. The third kappa shape index (κ3) is 18.7. The first kappa shape index (κ1) is 32.6. The van der Waals surface area contributed by atoms with E-state index in [1.54, 1.807) is 6.92 Å². The van der Waals surface area contributed by atoms with Gasteiger partial charge in [0.05, 0.1) is 17.0 Å². The average molecular weight is 526 g/mol. The van der Waals surface area contributed by atoms with Crippen molar-refractivity contribution < 1.29 is 19.1 Å². The molecule has 0 fully saturated rings. The van der Waals surface area contributed by atoms with Crippen molar-refractivity contribution in [3.8, 4) is 0 Å². The van der Waals surface area contributed by atoms with Gasteiger partial charge < -0.3 is 15.4 Å². The van der Waals surface area contributed by atoms with Gasteiger partial charge in [0.15, 0.2) is 0 Å². The van der Waals surface area contributed by atoms with Gasteiger partial charge in [-0.2, -0.15) is 0 Å². The number of Topliss-reactive ketones (excluding diaryl/α,β-unsaturated/α-hetero) is 1. The second-order valence-corrected chi connectivity index (χ2v) is 9.49. The number of hydrogen-bond donors (Lipinski definition) is 3. The molecule has 7 nitrogen and oxygen atoms in total. The van der Waals surface area contributed by atoms with Crippen LogP contribution in [0.1, 0.15) is 87.0 Å². The van der Waals surface area contributed by atoms with Crippen LogP contribution in [0.2, 0.25) is 0 Å². The van der Waals surface area contributed by atoms with Gasteiger partial charge in [0.1, 0.15) is 5.78 Å². The van der Waals surface area contributed by atoms with Crippen LogP contribution < -0.4 is 15.7 Å². The summed E-state index contributed by atoms with van der Waals surface area (Å²) in [5.41, 5.74) is -0.752. The van der Waals surface area contributed by atoms with Crippen molar-refractivity contribution in [2.75, 3.05) is 18.5 Å². The van der Waals surface area contributed by atoms with Crippen molar-refractivity contribution in [1.82, 2.24) is 15.7 Å². The van der Waals surface area contributed by atoms with Crippen LogP contribution >= 0.6 is 25.3 Å². The first-order valence-corrected chi connectivity index (χ1v) is 12.9. The van der Waals surface area contributed by atoms with Gasteiger partial charge >= 0.3 is 0 Å². The number of nitrogens with one attached hydrogen (secondary N) is 3. The number of amides is 2. The first-order valence-electron chi connectivity index (χ1n) is 11.2. The summed E-state index contributed by atoms with van der Waals surface area (Å²) < 4.78 is 5.95. The molecule has 3 N–H and O–H groups in total. The number of ketones is 1. The van der Waals surface area contributed by atoms with E-state index >= 15 is 0 Å². The van der Waals surface area contributed by atoms with Gasteiger partial charge in [0, 0.05) is 25.1 Å². The van der Waals surface area contributed by atoms with Gasteiger partial charge in [-0.05, 0) is 66.7 Å². The van der Waals surface area contributed by atoms with Crippen molar-refractivity contribution in [3.63, 3.8) is 0 Å². The Hall–Kier alpha value is -0.560. The van der Waals surface area contributed by atoms with Crippen LogP contribution in [0.3, 0.4) is 0 Å². The van der Waals surface area contributed by atoms with E-state index < -0.39 is 5.60 Å². The number of carbonyl (C=O) groups is 3. The van der Waals surface area contributed by atoms with E-state index in [4.69, 9.17) is 4.74 Å². The summed E-state index contributed by atoms with van der Waals surface area (Å²) in [6.45, 7) is 14.6. The lowest BCUT2D eigenvalue weighted by Gasteiger charge is -2.30. The third-order valence-corrected chi connectivity index (χ3v) is 5.62. The minimum atomic E-state index is -0.411. The van der Waals surface area contributed by atoms with E-state index in [0.717, 1.165) is 19.3 Å². The Morgan fingerprint density at radius 2 is 1.65 bits per heavy atom. The molecule has 0 heterocycles. The number of hydrogen-bond acceptors (Lipinski definition) is 5. The lowest BCUT2D eigenvalue weighted by Crippen LogP contribution is -2.45. The van der Waals surface area contributed by atoms with Gasteiger partial charge in [-0.25, -0.2) is 0 Å². The van der Waals surface area contributed by atoms with Gasteiger partial charge in [-0.1, -0.05) is 39.2 Å². The van der Waals surface area contributed by atoms with Crippen LogP contribution in [-0.2, 0) is 19.1 Å². The molecule has 2 amide bonds. The Morgan fingerprint density at radius 3 is 2.16 bits per heavy atom. The molecule has 0 spiro atoms. The Bertz CT molecular complexity index is 531. The molecular formula is C22H45BrN3O4P. The maximum atomic E-state index is 12.1. The van der Waals surface area contributed by atoms with Crippen LogP contribution in [0.25, 0.3) is 0 Å². The summed E-state index contributed by atoms with van der Waals surface area (Å²) in [7, 11) is 2.38.